The Kier molecular flexibility index (Phi) is 6.43. The number of nitrogens with zero attached hydrogens (tertiary/aromatic N) is 1. The molecule has 5 nitrogen and oxygen atoms in total. The van der Waals surface area contributed by atoms with Gasteiger partial charge >= 0.3 is 5.97 Å². The highest BCUT2D eigenvalue weighted by molar-refractivity contribution is 7.11. The Balaban J connectivity index is 1.83. The Hall–Kier alpha value is -2.00. The second-order valence-corrected chi connectivity index (χ2v) is 8.01. The zero-order chi connectivity index (χ0) is 19.4. The topological polar surface area (TPSA) is 68.3 Å². The molecule has 140 valence electrons. The molecule has 3 rings (SSSR count). The molecule has 1 atom stereocenters. The second-order valence-electron chi connectivity index (χ2n) is 5.22. The van der Waals surface area contributed by atoms with E-state index >= 15 is 0 Å². The van der Waals surface area contributed by atoms with E-state index < -0.39 is 23.8 Å². The first-order valence-electron chi connectivity index (χ1n) is 7.53. The summed E-state index contributed by atoms with van der Waals surface area (Å²) in [6, 6.07) is 9.24. The van der Waals surface area contributed by atoms with E-state index in [0.717, 1.165) is 16.4 Å². The summed E-state index contributed by atoms with van der Waals surface area (Å²) >= 11 is 14.0. The Labute approximate surface area is 171 Å². The molecule has 0 bridgehead atoms. The number of rotatable bonds is 6. The Morgan fingerprint density at radius 1 is 1.22 bits per heavy atom. The summed E-state index contributed by atoms with van der Waals surface area (Å²) in [4.78, 5) is 25.9. The van der Waals surface area contributed by atoms with Crippen molar-refractivity contribution in [2.45, 2.75) is 12.6 Å². The van der Waals surface area contributed by atoms with Gasteiger partial charge in [-0.2, -0.15) is 4.37 Å². The molecule has 0 saturated heterocycles. The third-order valence-corrected chi connectivity index (χ3v) is 5.95. The minimum absolute atomic E-state index is 0.0713. The van der Waals surface area contributed by atoms with E-state index in [1.54, 1.807) is 6.07 Å². The smallest absolute Gasteiger partial charge is 0.360 e. The fraction of sp³-hybridized carbons (Fsp3) is 0.118. The lowest BCUT2D eigenvalue weighted by Gasteiger charge is -2.18. The monoisotopic (exact) mass is 444 g/mol. The molecule has 2 aromatic heterocycles. The van der Waals surface area contributed by atoms with Gasteiger partial charge in [-0.25, -0.2) is 9.18 Å². The molecule has 0 saturated carbocycles. The molecular formula is C17H11Cl2FN2O3S2. The molecule has 10 heteroatoms. The molecule has 0 aliphatic heterocycles. The number of amides is 1. The number of benzene rings is 1. The normalized spacial score (nSPS) is 11.8. The number of thiophene rings is 1. The summed E-state index contributed by atoms with van der Waals surface area (Å²) in [6.07, 6.45) is -1.50. The van der Waals surface area contributed by atoms with E-state index in [1.165, 1.54) is 29.5 Å². The van der Waals surface area contributed by atoms with Gasteiger partial charge in [0.1, 0.15) is 15.2 Å². The molecule has 3 aromatic rings. The van der Waals surface area contributed by atoms with Gasteiger partial charge in [-0.1, -0.05) is 47.5 Å². The van der Waals surface area contributed by atoms with E-state index in [9.17, 15) is 14.0 Å². The average molecular weight is 445 g/mol. The van der Waals surface area contributed by atoms with Crippen LogP contribution in [0, 0.1) is 5.82 Å². The molecule has 0 fully saturated rings. The first kappa shape index (κ1) is 19.8. The van der Waals surface area contributed by atoms with Crippen molar-refractivity contribution < 1.29 is 18.7 Å². The van der Waals surface area contributed by atoms with E-state index in [-0.39, 0.29) is 27.2 Å². The Bertz CT molecular complexity index is 963. The molecule has 27 heavy (non-hydrogen) atoms. The first-order chi connectivity index (χ1) is 13.0. The number of halogens is 3. The van der Waals surface area contributed by atoms with Crippen molar-refractivity contribution in [1.82, 2.24) is 9.69 Å². The molecule has 2 heterocycles. The summed E-state index contributed by atoms with van der Waals surface area (Å²) < 4.78 is 23.4. The second kappa shape index (κ2) is 8.79. The molecule has 1 aromatic carbocycles. The molecule has 0 aliphatic carbocycles. The van der Waals surface area contributed by atoms with Crippen molar-refractivity contribution in [3.8, 4) is 0 Å². The van der Waals surface area contributed by atoms with Crippen LogP contribution in [0.4, 0.5) is 4.39 Å². The van der Waals surface area contributed by atoms with Crippen molar-refractivity contribution in [2.75, 3.05) is 0 Å². The van der Waals surface area contributed by atoms with E-state index in [0.29, 0.717) is 0 Å². The summed E-state index contributed by atoms with van der Waals surface area (Å²) in [6.45, 7) is 0.224. The molecular weight excluding hydrogens is 434 g/mol. The molecule has 1 N–H and O–H groups in total. The lowest BCUT2D eigenvalue weighted by atomic mass is 10.1. The van der Waals surface area contributed by atoms with E-state index in [2.05, 4.69) is 9.69 Å². The summed E-state index contributed by atoms with van der Waals surface area (Å²) in [5, 5.41) is 4.43. The minimum atomic E-state index is -1.50. The van der Waals surface area contributed by atoms with Gasteiger partial charge in [-0.05, 0) is 29.0 Å². The van der Waals surface area contributed by atoms with Crippen molar-refractivity contribution in [3.05, 3.63) is 73.1 Å². The highest BCUT2D eigenvalue weighted by Gasteiger charge is 2.30. The molecule has 0 aliphatic rings. The lowest BCUT2D eigenvalue weighted by Crippen LogP contribution is -2.32. The first-order valence-corrected chi connectivity index (χ1v) is 9.94. The number of aromatic nitrogens is 1. The van der Waals surface area contributed by atoms with Gasteiger partial charge < -0.3 is 10.1 Å². The van der Waals surface area contributed by atoms with Crippen molar-refractivity contribution in [2.24, 2.45) is 0 Å². The van der Waals surface area contributed by atoms with Crippen LogP contribution in [-0.4, -0.2) is 16.3 Å². The molecule has 0 radical (unpaired) electrons. The molecule has 0 unspecified atom stereocenters. The maximum atomic E-state index is 14.2. The van der Waals surface area contributed by atoms with Crippen molar-refractivity contribution >= 4 is 57.9 Å². The minimum Gasteiger partial charge on any atom is -0.442 e. The van der Waals surface area contributed by atoms with E-state index in [1.807, 2.05) is 17.5 Å². The quantitative estimate of drug-likeness (QED) is 0.550. The predicted octanol–water partition coefficient (Wildman–Crippen LogP) is 4.87. The van der Waals surface area contributed by atoms with Crippen LogP contribution in [0.5, 0.6) is 0 Å². The largest absolute Gasteiger partial charge is 0.442 e. The SMILES string of the molecule is O=C(O[C@@H](C(=O)NCc1cccs1)c1ccccc1F)c1nsc(Cl)c1Cl. The number of hydrogen-bond donors (Lipinski definition) is 1. The Morgan fingerprint density at radius 2 is 2.00 bits per heavy atom. The number of carbonyl (C=O) groups excluding carboxylic acids is 2. The zero-order valence-corrected chi connectivity index (χ0v) is 16.6. The van der Waals surface area contributed by atoms with Gasteiger partial charge in [0, 0.05) is 10.4 Å². The molecule has 0 spiro atoms. The Morgan fingerprint density at radius 3 is 2.63 bits per heavy atom. The van der Waals surface area contributed by atoms with Crippen LogP contribution in [0.15, 0.2) is 41.8 Å². The summed E-state index contributed by atoms with van der Waals surface area (Å²) in [5.74, 6) is -2.31. The van der Waals surface area contributed by atoms with Gasteiger partial charge in [-0.15, -0.1) is 11.3 Å². The van der Waals surface area contributed by atoms with Gasteiger partial charge in [-0.3, -0.25) is 4.79 Å². The number of carbonyl (C=O) groups is 2. The third-order valence-electron chi connectivity index (χ3n) is 3.46. The number of ether oxygens (including phenoxy) is 1. The van der Waals surface area contributed by atoms with E-state index in [4.69, 9.17) is 27.9 Å². The maximum Gasteiger partial charge on any atom is 0.360 e. The van der Waals surface area contributed by atoms with Gasteiger partial charge in [0.2, 0.25) is 6.10 Å². The average Bonchev–Trinajstić information content (AvgIpc) is 3.29. The van der Waals surface area contributed by atoms with Gasteiger partial charge in [0.25, 0.3) is 5.91 Å². The highest BCUT2D eigenvalue weighted by Crippen LogP contribution is 2.31. The van der Waals surface area contributed by atoms with Gasteiger partial charge in [0.15, 0.2) is 5.69 Å². The fourth-order valence-electron chi connectivity index (χ4n) is 2.17. The highest BCUT2D eigenvalue weighted by atomic mass is 35.5. The number of hydrogen-bond acceptors (Lipinski definition) is 6. The van der Waals surface area contributed by atoms with Gasteiger partial charge in [0.05, 0.1) is 6.54 Å². The van der Waals surface area contributed by atoms with Crippen LogP contribution in [0.3, 0.4) is 0 Å². The third kappa shape index (κ3) is 4.65. The standard InChI is InChI=1S/C17H11Cl2FN2O3S2/c18-12-13(22-27-15(12)19)17(24)25-14(10-5-1-2-6-11(10)20)16(23)21-8-9-4-3-7-26-9/h1-7,14H,8H2,(H,21,23)/t14-/m1/s1. The summed E-state index contributed by atoms with van der Waals surface area (Å²) in [7, 11) is 0. The summed E-state index contributed by atoms with van der Waals surface area (Å²) in [5.41, 5.74) is -0.300. The van der Waals surface area contributed by atoms with Crippen LogP contribution in [0.2, 0.25) is 9.36 Å². The number of nitrogens with one attached hydrogen (secondary N) is 1. The van der Waals surface area contributed by atoms with Crippen LogP contribution in [-0.2, 0) is 16.1 Å². The lowest BCUT2D eigenvalue weighted by molar-refractivity contribution is -0.130. The van der Waals surface area contributed by atoms with Crippen LogP contribution < -0.4 is 5.32 Å². The van der Waals surface area contributed by atoms with Crippen LogP contribution in [0.25, 0.3) is 0 Å². The zero-order valence-electron chi connectivity index (χ0n) is 13.4. The van der Waals surface area contributed by atoms with Crippen molar-refractivity contribution in [3.63, 3.8) is 0 Å². The molecule has 1 amide bonds. The maximum absolute atomic E-state index is 14.2. The fourth-order valence-corrected chi connectivity index (χ4v) is 3.80. The number of esters is 1. The predicted molar refractivity (Wildman–Crippen MR) is 103 cm³/mol. The van der Waals surface area contributed by atoms with Crippen molar-refractivity contribution in [1.29, 1.82) is 0 Å². The van der Waals surface area contributed by atoms with Crippen LogP contribution in [0.1, 0.15) is 27.0 Å². The van der Waals surface area contributed by atoms with Crippen LogP contribution >= 0.6 is 46.1 Å².